The number of nitrogens with one attached hydrogen (secondary N) is 1. The van der Waals surface area contributed by atoms with Crippen LogP contribution in [-0.4, -0.2) is 47.6 Å². The fraction of sp³-hybridized carbons (Fsp3) is 0.273. The molecule has 0 aliphatic heterocycles. The van der Waals surface area contributed by atoms with Crippen molar-refractivity contribution >= 4 is 5.91 Å². The number of hydrogen-bond acceptors (Lipinski definition) is 6. The van der Waals surface area contributed by atoms with E-state index in [4.69, 9.17) is 9.47 Å². The van der Waals surface area contributed by atoms with E-state index in [0.717, 1.165) is 9.25 Å². The number of rotatable bonds is 9. The summed E-state index contributed by atoms with van der Waals surface area (Å²) in [4.78, 5) is 38.7. The highest BCUT2D eigenvalue weighted by atomic mass is 19.1. The summed E-state index contributed by atoms with van der Waals surface area (Å²) in [5.41, 5.74) is -1.14. The van der Waals surface area contributed by atoms with Gasteiger partial charge in [0.2, 0.25) is 5.69 Å². The second-order valence-corrected chi connectivity index (χ2v) is 6.86. The Morgan fingerprint density at radius 3 is 2.38 bits per heavy atom. The molecule has 3 rings (SSSR count). The van der Waals surface area contributed by atoms with Gasteiger partial charge in [0.1, 0.15) is 11.6 Å². The van der Waals surface area contributed by atoms with Crippen molar-refractivity contribution in [1.29, 1.82) is 0 Å². The molecule has 0 radical (unpaired) electrons. The van der Waals surface area contributed by atoms with Gasteiger partial charge in [-0.1, -0.05) is 12.1 Å². The molecule has 1 N–H and O–H groups in total. The summed E-state index contributed by atoms with van der Waals surface area (Å²) in [5.74, 6) is -0.582. The third-order valence-corrected chi connectivity index (χ3v) is 4.66. The van der Waals surface area contributed by atoms with E-state index in [1.807, 2.05) is 0 Å². The first-order valence-electron chi connectivity index (χ1n) is 9.84. The number of carbonyl (C=O) groups is 1. The summed E-state index contributed by atoms with van der Waals surface area (Å²) in [7, 11) is 3.05. The van der Waals surface area contributed by atoms with Gasteiger partial charge in [-0.15, -0.1) is 0 Å². The Kier molecular flexibility index (Phi) is 7.50. The fourth-order valence-corrected chi connectivity index (χ4v) is 2.96. The number of nitrogens with zero attached hydrogens (tertiary/aromatic N) is 3. The number of methoxy groups -OCH3 is 2. The highest BCUT2D eigenvalue weighted by molar-refractivity contribution is 5.91. The summed E-state index contributed by atoms with van der Waals surface area (Å²) < 4.78 is 25.2. The molecule has 2 aromatic carbocycles. The van der Waals surface area contributed by atoms with E-state index in [-0.39, 0.29) is 13.1 Å². The largest absolute Gasteiger partial charge is 0.497 e. The molecule has 32 heavy (non-hydrogen) atoms. The monoisotopic (exact) mass is 442 g/mol. The zero-order valence-corrected chi connectivity index (χ0v) is 17.7. The van der Waals surface area contributed by atoms with Crippen molar-refractivity contribution in [3.8, 4) is 11.4 Å². The summed E-state index contributed by atoms with van der Waals surface area (Å²) in [6, 6.07) is 11.8. The van der Waals surface area contributed by atoms with Gasteiger partial charge in [0.15, 0.2) is 0 Å². The SMILES string of the molecule is COCCCNC(=O)c1nn(-c2ccc(OC)cc2)c(=O)n(Cc2ccc(F)cc2)c1=O. The Labute approximate surface area is 183 Å². The van der Waals surface area contributed by atoms with Crippen molar-refractivity contribution in [2.24, 2.45) is 0 Å². The van der Waals surface area contributed by atoms with Crippen LogP contribution in [0, 0.1) is 5.82 Å². The Bertz CT molecular complexity index is 1190. The standard InChI is InChI=1S/C22H23FN4O5/c1-31-13-3-12-24-20(28)19-21(29)26(14-15-4-6-16(23)7-5-15)22(30)27(25-19)17-8-10-18(32-2)11-9-17/h4-11H,3,12-14H2,1-2H3,(H,24,28). The lowest BCUT2D eigenvalue weighted by Gasteiger charge is -2.13. The average Bonchev–Trinajstić information content (AvgIpc) is 2.81. The van der Waals surface area contributed by atoms with Gasteiger partial charge in [-0.05, 0) is 48.4 Å². The van der Waals surface area contributed by atoms with Gasteiger partial charge in [-0.25, -0.2) is 9.18 Å². The summed E-state index contributed by atoms with van der Waals surface area (Å²) in [6.45, 7) is 0.557. The number of halogens is 1. The number of ether oxygens (including phenoxy) is 2. The Balaban J connectivity index is 2.07. The molecule has 0 atom stereocenters. The van der Waals surface area contributed by atoms with E-state index in [9.17, 15) is 18.8 Å². The van der Waals surface area contributed by atoms with Crippen LogP contribution in [0.4, 0.5) is 4.39 Å². The molecule has 3 aromatic rings. The van der Waals surface area contributed by atoms with Gasteiger partial charge in [-0.2, -0.15) is 9.78 Å². The van der Waals surface area contributed by atoms with E-state index in [0.29, 0.717) is 30.0 Å². The summed E-state index contributed by atoms with van der Waals surface area (Å²) >= 11 is 0. The number of benzene rings is 2. The Hall–Kier alpha value is -3.79. The maximum absolute atomic E-state index is 13.3. The van der Waals surface area contributed by atoms with Gasteiger partial charge >= 0.3 is 5.69 Å². The van der Waals surface area contributed by atoms with Gasteiger partial charge in [0, 0.05) is 20.3 Å². The van der Waals surface area contributed by atoms with Crippen LogP contribution in [0.2, 0.25) is 0 Å². The zero-order valence-electron chi connectivity index (χ0n) is 17.7. The van der Waals surface area contributed by atoms with Crippen molar-refractivity contribution in [3.63, 3.8) is 0 Å². The number of carbonyl (C=O) groups excluding carboxylic acids is 1. The van der Waals surface area contributed by atoms with Crippen LogP contribution >= 0.6 is 0 Å². The van der Waals surface area contributed by atoms with E-state index >= 15 is 0 Å². The molecule has 0 spiro atoms. The van der Waals surface area contributed by atoms with Crippen molar-refractivity contribution in [1.82, 2.24) is 19.7 Å². The molecule has 0 aliphatic rings. The second-order valence-electron chi connectivity index (χ2n) is 6.86. The van der Waals surface area contributed by atoms with Crippen molar-refractivity contribution < 1.29 is 18.7 Å². The minimum absolute atomic E-state index is 0.152. The number of aromatic nitrogens is 3. The lowest BCUT2D eigenvalue weighted by molar-refractivity contribution is 0.0938. The topological polar surface area (TPSA) is 104 Å². The summed E-state index contributed by atoms with van der Waals surface area (Å²) in [6.07, 6.45) is 0.546. The van der Waals surface area contributed by atoms with Crippen LogP contribution in [0.25, 0.3) is 5.69 Å². The molecule has 0 saturated heterocycles. The highest BCUT2D eigenvalue weighted by Crippen LogP contribution is 2.13. The zero-order chi connectivity index (χ0) is 23.1. The maximum Gasteiger partial charge on any atom is 0.352 e. The smallest absolute Gasteiger partial charge is 0.352 e. The first kappa shape index (κ1) is 22.9. The molecular formula is C22H23FN4O5. The lowest BCUT2D eigenvalue weighted by atomic mass is 10.2. The number of amides is 1. The molecule has 1 heterocycles. The molecular weight excluding hydrogens is 419 g/mol. The molecule has 0 fully saturated rings. The minimum atomic E-state index is -0.840. The first-order valence-corrected chi connectivity index (χ1v) is 9.84. The Morgan fingerprint density at radius 1 is 1.06 bits per heavy atom. The maximum atomic E-state index is 13.3. The molecule has 10 heteroatoms. The quantitative estimate of drug-likeness (QED) is 0.502. The molecule has 168 valence electrons. The lowest BCUT2D eigenvalue weighted by Crippen LogP contribution is -2.46. The van der Waals surface area contributed by atoms with Gasteiger partial charge in [0.25, 0.3) is 11.5 Å². The molecule has 9 nitrogen and oxygen atoms in total. The van der Waals surface area contributed by atoms with Crippen molar-refractivity contribution in [2.75, 3.05) is 27.4 Å². The second kappa shape index (κ2) is 10.5. The van der Waals surface area contributed by atoms with Crippen LogP contribution in [0.1, 0.15) is 22.5 Å². The van der Waals surface area contributed by atoms with E-state index in [2.05, 4.69) is 10.4 Å². The van der Waals surface area contributed by atoms with Crippen LogP contribution < -0.4 is 21.3 Å². The van der Waals surface area contributed by atoms with E-state index in [1.54, 1.807) is 31.4 Å². The Morgan fingerprint density at radius 2 is 1.75 bits per heavy atom. The van der Waals surface area contributed by atoms with Gasteiger partial charge in [-0.3, -0.25) is 14.2 Å². The highest BCUT2D eigenvalue weighted by Gasteiger charge is 2.20. The van der Waals surface area contributed by atoms with Gasteiger partial charge < -0.3 is 14.8 Å². The van der Waals surface area contributed by atoms with Crippen molar-refractivity contribution in [2.45, 2.75) is 13.0 Å². The van der Waals surface area contributed by atoms with Gasteiger partial charge in [0.05, 0.1) is 19.3 Å². The number of hydrogen-bond donors (Lipinski definition) is 1. The fourth-order valence-electron chi connectivity index (χ4n) is 2.96. The molecule has 0 bridgehead atoms. The molecule has 1 amide bonds. The van der Waals surface area contributed by atoms with E-state index < -0.39 is 28.7 Å². The molecule has 0 unspecified atom stereocenters. The predicted molar refractivity (Wildman–Crippen MR) is 115 cm³/mol. The third kappa shape index (κ3) is 5.27. The van der Waals surface area contributed by atoms with Crippen LogP contribution in [0.5, 0.6) is 5.75 Å². The molecule has 1 aromatic heterocycles. The summed E-state index contributed by atoms with van der Waals surface area (Å²) in [5, 5.41) is 6.65. The first-order chi connectivity index (χ1) is 15.4. The average molecular weight is 442 g/mol. The third-order valence-electron chi connectivity index (χ3n) is 4.66. The molecule has 0 saturated carbocycles. The van der Waals surface area contributed by atoms with Crippen LogP contribution in [0.3, 0.4) is 0 Å². The minimum Gasteiger partial charge on any atom is -0.497 e. The van der Waals surface area contributed by atoms with E-state index in [1.165, 1.54) is 31.4 Å². The normalized spacial score (nSPS) is 10.7. The van der Waals surface area contributed by atoms with Crippen LogP contribution in [-0.2, 0) is 11.3 Å². The molecule has 0 aliphatic carbocycles. The predicted octanol–water partition coefficient (Wildman–Crippen LogP) is 1.36. The van der Waals surface area contributed by atoms with Crippen molar-refractivity contribution in [3.05, 3.63) is 86.4 Å². The van der Waals surface area contributed by atoms with Crippen LogP contribution in [0.15, 0.2) is 58.1 Å².